The van der Waals surface area contributed by atoms with Gasteiger partial charge in [-0.05, 0) is 12.1 Å². The number of carbonyl (C=O) groups excluding carboxylic acids is 1. The third-order valence-corrected chi connectivity index (χ3v) is 1.91. The standard InChI is InChI=1S/C11H7F2NO4/c12-11(13)18-9-4-2-1-3-8(9)17-10(15)7-5-16-6-14-7/h1-6,11H. The zero-order chi connectivity index (χ0) is 13.0. The lowest BCUT2D eigenvalue weighted by Gasteiger charge is -2.09. The minimum absolute atomic E-state index is 0.0677. The Balaban J connectivity index is 2.16. The van der Waals surface area contributed by atoms with Crippen molar-refractivity contribution in [2.24, 2.45) is 0 Å². The number of carbonyl (C=O) groups is 1. The number of nitrogens with zero attached hydrogens (tertiary/aromatic N) is 1. The van der Waals surface area contributed by atoms with Crippen LogP contribution in [0.2, 0.25) is 0 Å². The highest BCUT2D eigenvalue weighted by molar-refractivity contribution is 5.88. The van der Waals surface area contributed by atoms with Crippen molar-refractivity contribution >= 4 is 5.97 Å². The second-order valence-corrected chi connectivity index (χ2v) is 3.09. The lowest BCUT2D eigenvalue weighted by molar-refractivity contribution is -0.0512. The van der Waals surface area contributed by atoms with Gasteiger partial charge in [-0.1, -0.05) is 12.1 Å². The summed E-state index contributed by atoms with van der Waals surface area (Å²) in [5.74, 6) is -1.18. The van der Waals surface area contributed by atoms with Crippen LogP contribution in [0.4, 0.5) is 8.78 Å². The Hall–Kier alpha value is -2.44. The minimum atomic E-state index is -3.00. The maximum atomic E-state index is 12.1. The van der Waals surface area contributed by atoms with Crippen molar-refractivity contribution in [3.63, 3.8) is 0 Å². The molecular weight excluding hydrogens is 248 g/mol. The van der Waals surface area contributed by atoms with E-state index in [1.807, 2.05) is 0 Å². The number of oxazole rings is 1. The Bertz CT molecular complexity index is 528. The van der Waals surface area contributed by atoms with E-state index in [4.69, 9.17) is 4.74 Å². The Kier molecular flexibility index (Phi) is 3.52. The van der Waals surface area contributed by atoms with E-state index in [-0.39, 0.29) is 17.2 Å². The van der Waals surface area contributed by atoms with Crippen LogP contribution in [0.25, 0.3) is 0 Å². The molecule has 0 saturated carbocycles. The summed E-state index contributed by atoms with van der Waals surface area (Å²) in [5, 5.41) is 0. The van der Waals surface area contributed by atoms with Crippen molar-refractivity contribution in [1.29, 1.82) is 0 Å². The van der Waals surface area contributed by atoms with Gasteiger partial charge in [0.2, 0.25) is 0 Å². The van der Waals surface area contributed by atoms with E-state index >= 15 is 0 Å². The number of para-hydroxylation sites is 2. The molecule has 7 heteroatoms. The third kappa shape index (κ3) is 2.82. The molecule has 0 aliphatic rings. The van der Waals surface area contributed by atoms with Crippen molar-refractivity contribution in [3.05, 3.63) is 42.6 Å². The van der Waals surface area contributed by atoms with Crippen LogP contribution in [0.1, 0.15) is 10.5 Å². The van der Waals surface area contributed by atoms with E-state index in [1.54, 1.807) is 0 Å². The first-order valence-electron chi connectivity index (χ1n) is 4.81. The fourth-order valence-corrected chi connectivity index (χ4v) is 1.19. The van der Waals surface area contributed by atoms with E-state index < -0.39 is 12.6 Å². The Morgan fingerprint density at radius 2 is 2.00 bits per heavy atom. The molecule has 0 amide bonds. The molecule has 0 unspecified atom stereocenters. The van der Waals surface area contributed by atoms with Crippen molar-refractivity contribution in [2.45, 2.75) is 6.61 Å². The molecule has 0 aliphatic carbocycles. The van der Waals surface area contributed by atoms with Gasteiger partial charge in [-0.25, -0.2) is 9.78 Å². The predicted molar refractivity (Wildman–Crippen MR) is 54.5 cm³/mol. The zero-order valence-corrected chi connectivity index (χ0v) is 8.88. The van der Waals surface area contributed by atoms with Crippen LogP contribution >= 0.6 is 0 Å². The number of ether oxygens (including phenoxy) is 2. The molecule has 1 aromatic carbocycles. The highest BCUT2D eigenvalue weighted by atomic mass is 19.3. The second-order valence-electron chi connectivity index (χ2n) is 3.09. The molecule has 2 aromatic rings. The smallest absolute Gasteiger partial charge is 0.387 e. The highest BCUT2D eigenvalue weighted by Crippen LogP contribution is 2.28. The Morgan fingerprint density at radius 3 is 2.61 bits per heavy atom. The van der Waals surface area contributed by atoms with E-state index in [2.05, 4.69) is 14.1 Å². The van der Waals surface area contributed by atoms with Gasteiger partial charge in [-0.2, -0.15) is 8.78 Å². The van der Waals surface area contributed by atoms with Gasteiger partial charge >= 0.3 is 12.6 Å². The van der Waals surface area contributed by atoms with Crippen LogP contribution in [0.3, 0.4) is 0 Å². The molecule has 0 aliphatic heterocycles. The molecule has 0 fully saturated rings. The third-order valence-electron chi connectivity index (χ3n) is 1.91. The van der Waals surface area contributed by atoms with Gasteiger partial charge in [-0.3, -0.25) is 0 Å². The maximum absolute atomic E-state index is 12.1. The van der Waals surface area contributed by atoms with Crippen molar-refractivity contribution < 1.29 is 27.5 Å². The summed E-state index contributed by atoms with van der Waals surface area (Å²) in [6.45, 7) is -3.00. The molecule has 0 atom stereocenters. The molecule has 2 rings (SSSR count). The van der Waals surface area contributed by atoms with Gasteiger partial charge < -0.3 is 13.9 Å². The molecule has 1 aromatic heterocycles. The van der Waals surface area contributed by atoms with Gasteiger partial charge in [0.1, 0.15) is 6.26 Å². The number of rotatable bonds is 4. The van der Waals surface area contributed by atoms with Gasteiger partial charge in [0.15, 0.2) is 23.6 Å². The number of aromatic nitrogens is 1. The van der Waals surface area contributed by atoms with E-state index in [0.717, 1.165) is 12.7 Å². The highest BCUT2D eigenvalue weighted by Gasteiger charge is 2.16. The number of benzene rings is 1. The normalized spacial score (nSPS) is 10.4. The Morgan fingerprint density at radius 1 is 1.28 bits per heavy atom. The number of halogens is 2. The molecule has 1 heterocycles. The van der Waals surface area contributed by atoms with Crippen LogP contribution < -0.4 is 9.47 Å². The van der Waals surface area contributed by atoms with Crippen molar-refractivity contribution in [1.82, 2.24) is 4.98 Å². The monoisotopic (exact) mass is 255 g/mol. The fourth-order valence-electron chi connectivity index (χ4n) is 1.19. The molecule has 0 N–H and O–H groups in total. The average Bonchev–Trinajstić information content (AvgIpc) is 2.84. The van der Waals surface area contributed by atoms with Crippen LogP contribution in [-0.4, -0.2) is 17.6 Å². The first-order valence-corrected chi connectivity index (χ1v) is 4.81. The van der Waals surface area contributed by atoms with Crippen LogP contribution in [0, 0.1) is 0 Å². The second kappa shape index (κ2) is 5.26. The van der Waals surface area contributed by atoms with Crippen molar-refractivity contribution in [3.8, 4) is 11.5 Å². The number of hydrogen-bond acceptors (Lipinski definition) is 5. The molecule has 0 bridgehead atoms. The van der Waals surface area contributed by atoms with Gasteiger partial charge in [0, 0.05) is 0 Å². The number of alkyl halides is 2. The summed E-state index contributed by atoms with van der Waals surface area (Å²) >= 11 is 0. The van der Waals surface area contributed by atoms with Gasteiger partial charge in [0.25, 0.3) is 0 Å². The van der Waals surface area contributed by atoms with Crippen LogP contribution in [0.5, 0.6) is 11.5 Å². The van der Waals surface area contributed by atoms with E-state index in [9.17, 15) is 13.6 Å². The summed E-state index contributed by atoms with van der Waals surface area (Å²) in [5.41, 5.74) is -0.0677. The summed E-state index contributed by atoms with van der Waals surface area (Å²) in [7, 11) is 0. The fraction of sp³-hybridized carbons (Fsp3) is 0.0909. The van der Waals surface area contributed by atoms with Gasteiger partial charge in [0.05, 0.1) is 0 Å². The topological polar surface area (TPSA) is 61.6 Å². The predicted octanol–water partition coefficient (Wildman–Crippen LogP) is 2.50. The largest absolute Gasteiger partial charge is 0.451 e. The van der Waals surface area contributed by atoms with Crippen LogP contribution in [-0.2, 0) is 0 Å². The summed E-state index contributed by atoms with van der Waals surface area (Å²) < 4.78 is 37.9. The maximum Gasteiger partial charge on any atom is 0.387 e. The van der Waals surface area contributed by atoms with Crippen LogP contribution in [0.15, 0.2) is 41.3 Å². The lowest BCUT2D eigenvalue weighted by atomic mass is 10.3. The van der Waals surface area contributed by atoms with Crippen molar-refractivity contribution in [2.75, 3.05) is 0 Å². The number of hydrogen-bond donors (Lipinski definition) is 0. The molecule has 18 heavy (non-hydrogen) atoms. The zero-order valence-electron chi connectivity index (χ0n) is 8.88. The quantitative estimate of drug-likeness (QED) is 0.620. The lowest BCUT2D eigenvalue weighted by Crippen LogP contribution is -2.11. The van der Waals surface area contributed by atoms with E-state index in [1.165, 1.54) is 24.3 Å². The summed E-state index contributed by atoms with van der Waals surface area (Å²) in [4.78, 5) is 15.1. The molecule has 5 nitrogen and oxygen atoms in total. The number of esters is 1. The molecule has 94 valence electrons. The molecule has 0 saturated heterocycles. The molecular formula is C11H7F2NO4. The minimum Gasteiger partial charge on any atom is -0.451 e. The van der Waals surface area contributed by atoms with E-state index in [0.29, 0.717) is 0 Å². The summed E-state index contributed by atoms with van der Waals surface area (Å²) in [6, 6.07) is 5.59. The SMILES string of the molecule is O=C(Oc1ccccc1OC(F)F)c1cocn1. The average molecular weight is 255 g/mol. The first-order chi connectivity index (χ1) is 8.66. The van der Waals surface area contributed by atoms with Gasteiger partial charge in [-0.15, -0.1) is 0 Å². The first kappa shape index (κ1) is 12.0. The molecule has 0 radical (unpaired) electrons. The summed E-state index contributed by atoms with van der Waals surface area (Å²) in [6.07, 6.45) is 2.14. The molecule has 0 spiro atoms. The Labute approximate surface area is 100.0 Å².